The number of nitrogens with zero attached hydrogens (tertiary/aromatic N) is 4. The summed E-state index contributed by atoms with van der Waals surface area (Å²) in [5, 5.41) is 24.6. The maximum atomic E-state index is 12.7. The summed E-state index contributed by atoms with van der Waals surface area (Å²) in [5.74, 6) is -0.497. The number of rotatable bonds is 8. The van der Waals surface area contributed by atoms with Gasteiger partial charge in [0.2, 0.25) is 9.84 Å². The van der Waals surface area contributed by atoms with Crippen LogP contribution in [0.5, 0.6) is 5.75 Å². The van der Waals surface area contributed by atoms with Gasteiger partial charge in [-0.05, 0) is 30.3 Å². The molecule has 35 heavy (non-hydrogen) atoms. The molecule has 178 valence electrons. The van der Waals surface area contributed by atoms with Gasteiger partial charge in [0.15, 0.2) is 11.7 Å². The lowest BCUT2D eigenvalue weighted by molar-refractivity contribution is -0.384. The number of sulfone groups is 1. The molecule has 0 atom stereocenters. The van der Waals surface area contributed by atoms with Crippen molar-refractivity contribution in [2.45, 2.75) is 9.10 Å². The summed E-state index contributed by atoms with van der Waals surface area (Å²) >= 11 is 0.695. The molecule has 4 rings (SSSR count). The summed E-state index contributed by atoms with van der Waals surface area (Å²) in [4.78, 5) is 40.9. The van der Waals surface area contributed by atoms with E-state index in [-0.39, 0.29) is 42.3 Å². The Morgan fingerprint density at radius 2 is 1.77 bits per heavy atom. The Kier molecular flexibility index (Phi) is 6.35. The third-order valence-electron chi connectivity index (χ3n) is 4.62. The van der Waals surface area contributed by atoms with Crippen LogP contribution in [-0.2, 0) is 14.6 Å². The van der Waals surface area contributed by atoms with Gasteiger partial charge in [-0.25, -0.2) is 13.4 Å². The lowest BCUT2D eigenvalue weighted by atomic mass is 10.1. The second kappa shape index (κ2) is 9.40. The van der Waals surface area contributed by atoms with E-state index in [2.05, 4.69) is 15.3 Å². The summed E-state index contributed by atoms with van der Waals surface area (Å²) < 4.78 is 30.8. The largest absolute Gasteiger partial charge is 0.481 e. The number of nitrogens with one attached hydrogen (secondary N) is 1. The number of aromatic nitrogens is 2. The van der Waals surface area contributed by atoms with E-state index in [4.69, 9.17) is 4.74 Å². The monoisotopic (exact) mass is 515 g/mol. The number of hydrogen-bond acceptors (Lipinski definition) is 11. The van der Waals surface area contributed by atoms with E-state index in [0.717, 1.165) is 30.5 Å². The van der Waals surface area contributed by atoms with E-state index in [1.807, 2.05) is 0 Å². The van der Waals surface area contributed by atoms with Crippen molar-refractivity contribution in [3.63, 3.8) is 0 Å². The van der Waals surface area contributed by atoms with Crippen LogP contribution in [0, 0.1) is 20.2 Å². The van der Waals surface area contributed by atoms with Crippen molar-refractivity contribution in [1.82, 2.24) is 9.97 Å². The summed E-state index contributed by atoms with van der Waals surface area (Å²) in [6.07, 6.45) is 2.49. The number of fused-ring (bicyclic) bond motifs is 1. The summed E-state index contributed by atoms with van der Waals surface area (Å²) in [6.45, 7) is -0.493. The van der Waals surface area contributed by atoms with Gasteiger partial charge >= 0.3 is 0 Å². The molecule has 2 aromatic carbocycles. The van der Waals surface area contributed by atoms with E-state index < -0.39 is 32.2 Å². The molecule has 15 heteroatoms. The molecule has 2 heterocycles. The second-order valence-electron chi connectivity index (χ2n) is 6.82. The van der Waals surface area contributed by atoms with Gasteiger partial charge in [0.25, 0.3) is 17.3 Å². The molecule has 0 unspecified atom stereocenters. The van der Waals surface area contributed by atoms with Crippen LogP contribution in [0.15, 0.2) is 70.0 Å². The number of carbonyl (C=O) groups is 1. The van der Waals surface area contributed by atoms with E-state index in [9.17, 15) is 33.4 Å². The van der Waals surface area contributed by atoms with Gasteiger partial charge in [0.1, 0.15) is 15.5 Å². The minimum Gasteiger partial charge on any atom is -0.481 e. The molecular formula is C20H13N5O8S2. The molecular weight excluding hydrogens is 502 g/mol. The number of thiazole rings is 1. The third kappa shape index (κ3) is 4.90. The minimum absolute atomic E-state index is 0.00855. The third-order valence-corrected chi connectivity index (χ3v) is 7.76. The minimum atomic E-state index is -4.00. The number of benzene rings is 2. The molecule has 0 saturated carbocycles. The molecule has 0 saturated heterocycles. The number of hydrogen-bond donors (Lipinski definition) is 1. The highest BCUT2D eigenvalue weighted by atomic mass is 32.2. The van der Waals surface area contributed by atoms with Crippen LogP contribution in [0.4, 0.5) is 16.5 Å². The highest BCUT2D eigenvalue weighted by molar-refractivity contribution is 7.93. The number of pyridine rings is 1. The van der Waals surface area contributed by atoms with Crippen LogP contribution in [0.25, 0.3) is 10.9 Å². The highest BCUT2D eigenvalue weighted by Gasteiger charge is 2.23. The summed E-state index contributed by atoms with van der Waals surface area (Å²) in [5.41, 5.74) is -0.202. The lowest BCUT2D eigenvalue weighted by Gasteiger charge is -2.08. The van der Waals surface area contributed by atoms with Crippen LogP contribution in [0.1, 0.15) is 0 Å². The molecule has 0 spiro atoms. The molecule has 0 aliphatic carbocycles. The summed E-state index contributed by atoms with van der Waals surface area (Å²) in [7, 11) is -4.00. The maximum Gasteiger partial charge on any atom is 0.279 e. The Morgan fingerprint density at radius 1 is 1.03 bits per heavy atom. The van der Waals surface area contributed by atoms with Crippen molar-refractivity contribution >= 4 is 54.5 Å². The topological polar surface area (TPSA) is 185 Å². The quantitative estimate of drug-likeness (QED) is 0.269. The molecule has 0 bridgehead atoms. The lowest BCUT2D eigenvalue weighted by Crippen LogP contribution is -2.20. The number of nitro groups is 2. The molecule has 0 radical (unpaired) electrons. The Balaban J connectivity index is 1.45. The Bertz CT molecular complexity index is 1570. The van der Waals surface area contributed by atoms with Crippen LogP contribution in [-0.4, -0.2) is 40.7 Å². The average molecular weight is 515 g/mol. The first-order valence-electron chi connectivity index (χ1n) is 9.57. The Hall–Kier alpha value is -4.50. The van der Waals surface area contributed by atoms with E-state index in [1.54, 1.807) is 0 Å². The predicted octanol–water partition coefficient (Wildman–Crippen LogP) is 3.36. The Labute approximate surface area is 200 Å². The number of non-ortho nitro benzene ring substituents is 2. The van der Waals surface area contributed by atoms with Gasteiger partial charge in [-0.15, -0.1) is 0 Å². The number of nitro benzene ring substituents is 2. The zero-order valence-corrected chi connectivity index (χ0v) is 19.0. The molecule has 13 nitrogen and oxygen atoms in total. The normalized spacial score (nSPS) is 11.2. The Morgan fingerprint density at radius 3 is 2.46 bits per heavy atom. The fourth-order valence-corrected chi connectivity index (χ4v) is 5.46. The second-order valence-corrected chi connectivity index (χ2v) is 10.0. The standard InChI is InChI=1S/C20H13N5O8S2/c26-17(11-33-16-8-7-15(25(29)30)14-2-1-9-21-19(14)16)23-20-22-10-18(34-20)35(31,32)13-5-3-12(4-6-13)24(27)28/h1-10H,11H2,(H,22,23,26). The molecule has 0 aliphatic heterocycles. The smallest absolute Gasteiger partial charge is 0.279 e. The van der Waals surface area contributed by atoms with Crippen LogP contribution < -0.4 is 10.1 Å². The summed E-state index contributed by atoms with van der Waals surface area (Å²) in [6, 6.07) is 10.00. The molecule has 2 aromatic heterocycles. The average Bonchev–Trinajstić information content (AvgIpc) is 3.31. The maximum absolute atomic E-state index is 12.7. The molecule has 0 aliphatic rings. The number of carbonyl (C=O) groups excluding carboxylic acids is 1. The predicted molar refractivity (Wildman–Crippen MR) is 123 cm³/mol. The van der Waals surface area contributed by atoms with E-state index in [1.165, 1.54) is 30.5 Å². The van der Waals surface area contributed by atoms with Gasteiger partial charge in [-0.1, -0.05) is 11.3 Å². The van der Waals surface area contributed by atoms with Crippen LogP contribution in [0.2, 0.25) is 0 Å². The van der Waals surface area contributed by atoms with Gasteiger partial charge < -0.3 is 4.74 Å². The first-order valence-corrected chi connectivity index (χ1v) is 11.9. The van der Waals surface area contributed by atoms with Crippen molar-refractivity contribution in [3.05, 3.63) is 81.2 Å². The van der Waals surface area contributed by atoms with Crippen molar-refractivity contribution in [2.75, 3.05) is 11.9 Å². The molecule has 0 fully saturated rings. The van der Waals surface area contributed by atoms with Crippen molar-refractivity contribution in [3.8, 4) is 5.75 Å². The molecule has 1 amide bonds. The zero-order valence-electron chi connectivity index (χ0n) is 17.4. The number of amides is 1. The number of anilines is 1. The van der Waals surface area contributed by atoms with E-state index >= 15 is 0 Å². The highest BCUT2D eigenvalue weighted by Crippen LogP contribution is 2.32. The SMILES string of the molecule is O=C(COc1ccc([N+](=O)[O-])c2cccnc12)Nc1ncc(S(=O)(=O)c2ccc([N+](=O)[O-])cc2)s1. The zero-order chi connectivity index (χ0) is 25.2. The van der Waals surface area contributed by atoms with Crippen molar-refractivity contribution in [1.29, 1.82) is 0 Å². The van der Waals surface area contributed by atoms with E-state index in [0.29, 0.717) is 11.3 Å². The van der Waals surface area contributed by atoms with Crippen molar-refractivity contribution < 1.29 is 27.8 Å². The van der Waals surface area contributed by atoms with Gasteiger partial charge in [-0.2, -0.15) is 0 Å². The molecule has 4 aromatic rings. The van der Waals surface area contributed by atoms with Gasteiger partial charge in [0, 0.05) is 24.4 Å². The van der Waals surface area contributed by atoms with Gasteiger partial charge in [-0.3, -0.25) is 35.3 Å². The first kappa shape index (κ1) is 23.7. The number of ether oxygens (including phenoxy) is 1. The van der Waals surface area contributed by atoms with Crippen molar-refractivity contribution in [2.24, 2.45) is 0 Å². The fourth-order valence-electron chi connectivity index (χ4n) is 3.01. The first-order chi connectivity index (χ1) is 16.7. The molecule has 1 N–H and O–H groups in total. The fraction of sp³-hybridized carbons (Fsp3) is 0.0500. The van der Waals surface area contributed by atoms with Crippen LogP contribution >= 0.6 is 11.3 Å². The van der Waals surface area contributed by atoms with Crippen LogP contribution in [0.3, 0.4) is 0 Å². The van der Waals surface area contributed by atoms with Gasteiger partial charge in [0.05, 0.1) is 26.3 Å².